The van der Waals surface area contributed by atoms with E-state index in [0.717, 1.165) is 10.8 Å². The molecule has 0 spiro atoms. The molecule has 0 amide bonds. The molecule has 0 fully saturated rings. The quantitative estimate of drug-likeness (QED) is 0.623. The summed E-state index contributed by atoms with van der Waals surface area (Å²) >= 11 is 0. The molecule has 11 heavy (non-hydrogen) atoms. The van der Waals surface area contributed by atoms with E-state index in [1.54, 1.807) is 0 Å². The molecule has 0 aromatic carbocycles. The van der Waals surface area contributed by atoms with Gasteiger partial charge in [0.05, 0.1) is 0 Å². The van der Waals surface area contributed by atoms with Crippen molar-refractivity contribution in [2.45, 2.75) is 6.18 Å². The van der Waals surface area contributed by atoms with E-state index in [4.69, 9.17) is 5.73 Å². The third-order valence-electron chi connectivity index (χ3n) is 1.20. The van der Waals surface area contributed by atoms with Crippen LogP contribution in [0, 0.1) is 0 Å². The van der Waals surface area contributed by atoms with Gasteiger partial charge in [-0.05, 0) is 0 Å². The highest BCUT2D eigenvalue weighted by atomic mass is 19.4. The van der Waals surface area contributed by atoms with E-state index in [1.165, 1.54) is 7.05 Å². The fourth-order valence-corrected chi connectivity index (χ4v) is 0.617. The van der Waals surface area contributed by atoms with Crippen LogP contribution in [0.4, 0.5) is 19.1 Å². The second-order valence-corrected chi connectivity index (χ2v) is 2.09. The van der Waals surface area contributed by atoms with Gasteiger partial charge in [0.1, 0.15) is 0 Å². The number of nitrogens with zero attached hydrogens (tertiary/aromatic N) is 2. The Kier molecular flexibility index (Phi) is 1.54. The van der Waals surface area contributed by atoms with E-state index in [9.17, 15) is 13.2 Å². The minimum Gasteiger partial charge on any atom is -0.369 e. The monoisotopic (exact) mass is 165 g/mol. The Bertz CT molecular complexity index is 243. The number of nitrogens with two attached hydrogens (primary N) is 1. The summed E-state index contributed by atoms with van der Waals surface area (Å²) in [5, 5.41) is 0. The van der Waals surface area contributed by atoms with Gasteiger partial charge in [0.25, 0.3) is 0 Å². The number of imidazole rings is 1. The molecule has 0 unspecified atom stereocenters. The summed E-state index contributed by atoms with van der Waals surface area (Å²) in [7, 11) is 1.40. The van der Waals surface area contributed by atoms with E-state index in [1.807, 2.05) is 0 Å². The fourth-order valence-electron chi connectivity index (χ4n) is 0.617. The van der Waals surface area contributed by atoms with Crippen LogP contribution in [0.3, 0.4) is 0 Å². The van der Waals surface area contributed by atoms with Crippen molar-refractivity contribution in [3.63, 3.8) is 0 Å². The number of hydrogen-bond acceptors (Lipinski definition) is 2. The van der Waals surface area contributed by atoms with Crippen molar-refractivity contribution in [2.75, 3.05) is 5.73 Å². The Morgan fingerprint density at radius 2 is 2.09 bits per heavy atom. The van der Waals surface area contributed by atoms with E-state index < -0.39 is 11.9 Å². The zero-order chi connectivity index (χ0) is 8.65. The van der Waals surface area contributed by atoms with Gasteiger partial charge < -0.3 is 10.3 Å². The third kappa shape index (κ3) is 1.44. The summed E-state index contributed by atoms with van der Waals surface area (Å²) in [4.78, 5) is 3.10. The van der Waals surface area contributed by atoms with Gasteiger partial charge in [-0.2, -0.15) is 13.2 Å². The van der Waals surface area contributed by atoms with Crippen molar-refractivity contribution >= 4 is 5.95 Å². The maximum Gasteiger partial charge on any atom is 0.434 e. The molecule has 3 nitrogen and oxygen atoms in total. The van der Waals surface area contributed by atoms with Gasteiger partial charge in [0, 0.05) is 13.2 Å². The van der Waals surface area contributed by atoms with Crippen LogP contribution in [0.1, 0.15) is 5.69 Å². The molecule has 0 saturated carbocycles. The van der Waals surface area contributed by atoms with Crippen molar-refractivity contribution in [3.8, 4) is 0 Å². The van der Waals surface area contributed by atoms with Gasteiger partial charge in [-0.15, -0.1) is 0 Å². The molecule has 1 heterocycles. The zero-order valence-corrected chi connectivity index (χ0v) is 5.68. The van der Waals surface area contributed by atoms with Crippen molar-refractivity contribution < 1.29 is 13.2 Å². The molecular formula is C5H6F3N3. The average molecular weight is 165 g/mol. The molecule has 0 radical (unpaired) electrons. The van der Waals surface area contributed by atoms with Crippen LogP contribution in [0.5, 0.6) is 0 Å². The van der Waals surface area contributed by atoms with E-state index in [-0.39, 0.29) is 5.95 Å². The molecule has 1 rings (SSSR count). The molecule has 0 bridgehead atoms. The maximum absolute atomic E-state index is 11.8. The van der Waals surface area contributed by atoms with Crippen LogP contribution < -0.4 is 5.73 Å². The lowest BCUT2D eigenvalue weighted by molar-refractivity contribution is -0.140. The Balaban J connectivity index is 3.08. The highest BCUT2D eigenvalue weighted by Gasteiger charge is 2.34. The smallest absolute Gasteiger partial charge is 0.369 e. The first-order valence-corrected chi connectivity index (χ1v) is 2.77. The molecule has 0 saturated heterocycles. The van der Waals surface area contributed by atoms with E-state index >= 15 is 0 Å². The van der Waals surface area contributed by atoms with Crippen LogP contribution in [0.25, 0.3) is 0 Å². The summed E-state index contributed by atoms with van der Waals surface area (Å²) in [5.74, 6) is -0.141. The Labute approximate surface area is 60.6 Å². The lowest BCUT2D eigenvalue weighted by Gasteiger charge is -1.98. The number of nitrogen functional groups attached to an aromatic ring is 1. The van der Waals surface area contributed by atoms with Crippen LogP contribution in [0.2, 0.25) is 0 Å². The lowest BCUT2D eigenvalue weighted by atomic mass is 10.5. The summed E-state index contributed by atoms with van der Waals surface area (Å²) in [6.45, 7) is 0. The molecule has 6 heteroatoms. The molecule has 0 atom stereocenters. The molecule has 1 aromatic heterocycles. The van der Waals surface area contributed by atoms with E-state index in [2.05, 4.69) is 4.98 Å². The molecule has 1 aromatic rings. The number of alkyl halides is 3. The number of rotatable bonds is 0. The van der Waals surface area contributed by atoms with Crippen molar-refractivity contribution in [3.05, 3.63) is 11.9 Å². The normalized spacial score (nSPS) is 12.0. The Hall–Kier alpha value is -1.20. The Morgan fingerprint density at radius 3 is 2.27 bits per heavy atom. The summed E-state index contributed by atoms with van der Waals surface area (Å²) in [6, 6.07) is 0. The number of anilines is 1. The zero-order valence-electron chi connectivity index (χ0n) is 5.68. The summed E-state index contributed by atoms with van der Waals surface area (Å²) in [6.07, 6.45) is -3.56. The minimum atomic E-state index is -4.41. The van der Waals surface area contributed by atoms with Gasteiger partial charge >= 0.3 is 6.18 Å². The SMILES string of the molecule is Cn1cc(C(F)(F)F)nc1N. The van der Waals surface area contributed by atoms with Crippen molar-refractivity contribution in [1.29, 1.82) is 0 Å². The van der Waals surface area contributed by atoms with Gasteiger partial charge in [-0.3, -0.25) is 0 Å². The van der Waals surface area contributed by atoms with Gasteiger partial charge in [-0.25, -0.2) is 4.98 Å². The number of aromatic nitrogens is 2. The first kappa shape index (κ1) is 7.90. The second kappa shape index (κ2) is 2.14. The Morgan fingerprint density at radius 1 is 1.55 bits per heavy atom. The topological polar surface area (TPSA) is 43.8 Å². The summed E-state index contributed by atoms with van der Waals surface area (Å²) in [5.41, 5.74) is 4.13. The number of halogens is 3. The van der Waals surface area contributed by atoms with Crippen LogP contribution >= 0.6 is 0 Å². The lowest BCUT2D eigenvalue weighted by Crippen LogP contribution is -2.05. The van der Waals surface area contributed by atoms with Crippen LogP contribution in [-0.2, 0) is 13.2 Å². The van der Waals surface area contributed by atoms with Crippen molar-refractivity contribution in [2.24, 2.45) is 7.05 Å². The molecule has 0 aliphatic heterocycles. The second-order valence-electron chi connectivity index (χ2n) is 2.09. The standard InChI is InChI=1S/C5H6F3N3/c1-11-2-3(5(6,7)8)10-4(11)9/h2H,1H3,(H2,9,10). The molecule has 62 valence electrons. The number of aryl methyl sites for hydroxylation is 1. The molecule has 0 aliphatic carbocycles. The maximum atomic E-state index is 11.8. The third-order valence-corrected chi connectivity index (χ3v) is 1.20. The highest BCUT2D eigenvalue weighted by Crippen LogP contribution is 2.28. The summed E-state index contributed by atoms with van der Waals surface area (Å²) < 4.78 is 36.7. The predicted molar refractivity (Wildman–Crippen MR) is 32.6 cm³/mol. The minimum absolute atomic E-state index is 0.141. The van der Waals surface area contributed by atoms with E-state index in [0.29, 0.717) is 0 Å². The van der Waals surface area contributed by atoms with Crippen LogP contribution in [-0.4, -0.2) is 9.55 Å². The van der Waals surface area contributed by atoms with Crippen LogP contribution in [0.15, 0.2) is 6.20 Å². The first-order chi connectivity index (χ1) is 4.91. The molecule has 0 aliphatic rings. The van der Waals surface area contributed by atoms with Gasteiger partial charge in [0.15, 0.2) is 11.6 Å². The number of hydrogen-bond donors (Lipinski definition) is 1. The molecular weight excluding hydrogens is 159 g/mol. The fraction of sp³-hybridized carbons (Fsp3) is 0.400. The highest BCUT2D eigenvalue weighted by molar-refractivity contribution is 5.22. The average Bonchev–Trinajstić information content (AvgIpc) is 2.11. The van der Waals surface area contributed by atoms with Crippen molar-refractivity contribution in [1.82, 2.24) is 9.55 Å². The van der Waals surface area contributed by atoms with Gasteiger partial charge in [-0.1, -0.05) is 0 Å². The first-order valence-electron chi connectivity index (χ1n) is 2.77. The largest absolute Gasteiger partial charge is 0.434 e. The molecule has 2 N–H and O–H groups in total. The van der Waals surface area contributed by atoms with Gasteiger partial charge in [0.2, 0.25) is 0 Å². The predicted octanol–water partition coefficient (Wildman–Crippen LogP) is 1.02.